The highest BCUT2D eigenvalue weighted by Gasteiger charge is 2.13. The van der Waals surface area contributed by atoms with Crippen molar-refractivity contribution in [3.05, 3.63) is 54.6 Å². The number of rotatable bonds is 5. The maximum Gasteiger partial charge on any atom is 0.234 e. The lowest BCUT2D eigenvalue weighted by molar-refractivity contribution is -0.113. The second-order valence-corrected chi connectivity index (χ2v) is 6.21. The quantitative estimate of drug-likeness (QED) is 0.757. The Balaban J connectivity index is 1.57. The molecule has 2 aromatic heterocycles. The molecule has 0 saturated carbocycles. The summed E-state index contributed by atoms with van der Waals surface area (Å²) in [4.78, 5) is 23.7. The molecule has 112 valence electrons. The fraction of sp³-hybridized carbons (Fsp3) is 0.188. The lowest BCUT2D eigenvalue weighted by Gasteiger charge is -2.08. The summed E-state index contributed by atoms with van der Waals surface area (Å²) in [5.41, 5.74) is 2.73. The molecule has 22 heavy (non-hydrogen) atoms. The summed E-state index contributed by atoms with van der Waals surface area (Å²) in [7, 11) is 0. The first-order valence-corrected chi connectivity index (χ1v) is 8.03. The summed E-state index contributed by atoms with van der Waals surface area (Å²) < 4.78 is 0. The predicted octanol–water partition coefficient (Wildman–Crippen LogP) is 3.39. The molecular weight excluding hydrogens is 296 g/mol. The van der Waals surface area contributed by atoms with Gasteiger partial charge in [0.15, 0.2) is 0 Å². The molecule has 0 radical (unpaired) electrons. The number of carbonyl (C=O) groups is 1. The van der Waals surface area contributed by atoms with Crippen molar-refractivity contribution in [2.45, 2.75) is 12.2 Å². The molecule has 6 heteroatoms. The Bertz CT molecular complexity index is 739. The van der Waals surface area contributed by atoms with Gasteiger partial charge in [0.25, 0.3) is 0 Å². The first-order chi connectivity index (χ1) is 10.7. The molecular formula is C16H16N4OS. The van der Waals surface area contributed by atoms with Crippen LogP contribution in [0.3, 0.4) is 0 Å². The van der Waals surface area contributed by atoms with E-state index in [1.807, 2.05) is 31.2 Å². The standard InChI is InChI=1S/C16H16N4OS/c1-11(16-19-13-4-2-3-5-14(13)20-16)22-10-15(21)18-12-6-8-17-9-7-12/h2-9,11H,10H2,1H3,(H,19,20)(H,17,18,21)/t11-/m1/s1. The van der Waals surface area contributed by atoms with Crippen LogP contribution in [-0.4, -0.2) is 26.6 Å². The first-order valence-electron chi connectivity index (χ1n) is 6.98. The van der Waals surface area contributed by atoms with E-state index in [-0.39, 0.29) is 11.2 Å². The molecule has 0 saturated heterocycles. The van der Waals surface area contributed by atoms with E-state index in [1.54, 1.807) is 36.3 Å². The third kappa shape index (κ3) is 3.46. The van der Waals surface area contributed by atoms with Gasteiger partial charge in [-0.2, -0.15) is 0 Å². The summed E-state index contributed by atoms with van der Waals surface area (Å²) in [5, 5.41) is 2.97. The molecule has 2 heterocycles. The molecule has 0 aliphatic rings. The summed E-state index contributed by atoms with van der Waals surface area (Å²) in [6.07, 6.45) is 3.31. The van der Waals surface area contributed by atoms with Crippen molar-refractivity contribution in [2.24, 2.45) is 0 Å². The number of para-hydroxylation sites is 2. The number of H-pyrrole nitrogens is 1. The number of benzene rings is 1. The third-order valence-corrected chi connectivity index (χ3v) is 4.37. The molecule has 1 atom stereocenters. The number of pyridine rings is 1. The number of amides is 1. The molecule has 0 aliphatic heterocycles. The SMILES string of the molecule is C[C@@H](SCC(=O)Nc1ccncc1)c1nc2ccccc2[nH]1. The number of thioether (sulfide) groups is 1. The number of fused-ring (bicyclic) bond motifs is 1. The number of nitrogens with one attached hydrogen (secondary N) is 2. The molecule has 2 N–H and O–H groups in total. The minimum absolute atomic E-state index is 0.0286. The Labute approximate surface area is 132 Å². The maximum atomic E-state index is 11.9. The monoisotopic (exact) mass is 312 g/mol. The molecule has 1 amide bonds. The molecule has 1 aromatic carbocycles. The maximum absolute atomic E-state index is 11.9. The Morgan fingerprint density at radius 1 is 1.27 bits per heavy atom. The van der Waals surface area contributed by atoms with Crippen LogP contribution in [0, 0.1) is 0 Å². The lowest BCUT2D eigenvalue weighted by Crippen LogP contribution is -2.14. The van der Waals surface area contributed by atoms with Gasteiger partial charge in [0.2, 0.25) is 5.91 Å². The van der Waals surface area contributed by atoms with Crippen molar-refractivity contribution in [1.29, 1.82) is 0 Å². The van der Waals surface area contributed by atoms with Crippen molar-refractivity contribution in [2.75, 3.05) is 11.1 Å². The van der Waals surface area contributed by atoms with Crippen LogP contribution < -0.4 is 5.32 Å². The second kappa shape index (κ2) is 6.62. The largest absolute Gasteiger partial charge is 0.341 e. The van der Waals surface area contributed by atoms with Crippen molar-refractivity contribution < 1.29 is 4.79 Å². The van der Waals surface area contributed by atoms with Gasteiger partial charge in [-0.3, -0.25) is 9.78 Å². The highest BCUT2D eigenvalue weighted by atomic mass is 32.2. The summed E-state index contributed by atoms with van der Waals surface area (Å²) in [5.74, 6) is 1.24. The van der Waals surface area contributed by atoms with Crippen LogP contribution in [0.1, 0.15) is 18.0 Å². The van der Waals surface area contributed by atoms with E-state index in [9.17, 15) is 4.79 Å². The van der Waals surface area contributed by atoms with Gasteiger partial charge in [0, 0.05) is 18.1 Å². The van der Waals surface area contributed by atoms with E-state index >= 15 is 0 Å². The molecule has 0 aliphatic carbocycles. The van der Waals surface area contributed by atoms with Crippen LogP contribution in [0.25, 0.3) is 11.0 Å². The van der Waals surface area contributed by atoms with Gasteiger partial charge in [0.1, 0.15) is 5.82 Å². The van der Waals surface area contributed by atoms with E-state index < -0.39 is 0 Å². The highest BCUT2D eigenvalue weighted by molar-refractivity contribution is 8.00. The number of anilines is 1. The zero-order valence-electron chi connectivity index (χ0n) is 12.1. The van der Waals surface area contributed by atoms with Crippen LogP contribution in [0.5, 0.6) is 0 Å². The van der Waals surface area contributed by atoms with Gasteiger partial charge in [-0.15, -0.1) is 11.8 Å². The van der Waals surface area contributed by atoms with Crippen molar-refractivity contribution in [3.63, 3.8) is 0 Å². The second-order valence-electron chi connectivity index (χ2n) is 4.88. The molecule has 5 nitrogen and oxygen atoms in total. The molecule has 0 spiro atoms. The van der Waals surface area contributed by atoms with E-state index in [1.165, 1.54) is 0 Å². The van der Waals surface area contributed by atoms with Gasteiger partial charge in [-0.25, -0.2) is 4.98 Å². The minimum Gasteiger partial charge on any atom is -0.341 e. The van der Waals surface area contributed by atoms with Gasteiger partial charge in [-0.05, 0) is 31.2 Å². The van der Waals surface area contributed by atoms with Crippen LogP contribution in [0.4, 0.5) is 5.69 Å². The normalized spacial score (nSPS) is 12.2. The van der Waals surface area contributed by atoms with Gasteiger partial charge in [-0.1, -0.05) is 12.1 Å². The fourth-order valence-electron chi connectivity index (χ4n) is 2.08. The number of nitrogens with zero attached hydrogens (tertiary/aromatic N) is 2. The highest BCUT2D eigenvalue weighted by Crippen LogP contribution is 2.27. The Morgan fingerprint density at radius 3 is 2.82 bits per heavy atom. The molecule has 3 aromatic rings. The number of aromatic nitrogens is 3. The van der Waals surface area contributed by atoms with E-state index in [0.717, 1.165) is 22.5 Å². The molecule has 3 rings (SSSR count). The molecule has 0 bridgehead atoms. The zero-order chi connectivity index (χ0) is 15.4. The smallest absolute Gasteiger partial charge is 0.234 e. The van der Waals surface area contributed by atoms with Crippen molar-refractivity contribution in [3.8, 4) is 0 Å². The van der Waals surface area contributed by atoms with Gasteiger partial charge >= 0.3 is 0 Å². The number of hydrogen-bond acceptors (Lipinski definition) is 4. The van der Waals surface area contributed by atoms with Crippen LogP contribution in [0.15, 0.2) is 48.8 Å². The zero-order valence-corrected chi connectivity index (χ0v) is 12.9. The third-order valence-electron chi connectivity index (χ3n) is 3.22. The number of aromatic amines is 1. The number of imidazole rings is 1. The van der Waals surface area contributed by atoms with Crippen molar-refractivity contribution >= 4 is 34.4 Å². The topological polar surface area (TPSA) is 70.7 Å². The summed E-state index contributed by atoms with van der Waals surface area (Å²) in [6, 6.07) is 11.5. The van der Waals surface area contributed by atoms with E-state index in [0.29, 0.717) is 5.75 Å². The Kier molecular flexibility index (Phi) is 4.39. The van der Waals surface area contributed by atoms with Crippen LogP contribution in [-0.2, 0) is 4.79 Å². The Hall–Kier alpha value is -2.34. The summed E-state index contributed by atoms with van der Waals surface area (Å²) in [6.45, 7) is 2.04. The lowest BCUT2D eigenvalue weighted by atomic mass is 10.3. The van der Waals surface area contributed by atoms with E-state index in [2.05, 4.69) is 20.3 Å². The number of carbonyl (C=O) groups excluding carboxylic acids is 1. The average molecular weight is 312 g/mol. The average Bonchev–Trinajstić information content (AvgIpc) is 2.98. The van der Waals surface area contributed by atoms with Gasteiger partial charge in [0.05, 0.1) is 22.0 Å². The molecule has 0 unspecified atom stereocenters. The van der Waals surface area contributed by atoms with Gasteiger partial charge < -0.3 is 10.3 Å². The fourth-order valence-corrected chi connectivity index (χ4v) is 2.82. The number of hydrogen-bond donors (Lipinski definition) is 2. The van der Waals surface area contributed by atoms with Crippen LogP contribution >= 0.6 is 11.8 Å². The van der Waals surface area contributed by atoms with E-state index in [4.69, 9.17) is 0 Å². The minimum atomic E-state index is -0.0286. The predicted molar refractivity (Wildman–Crippen MR) is 89.8 cm³/mol. The van der Waals surface area contributed by atoms with Crippen molar-refractivity contribution in [1.82, 2.24) is 15.0 Å². The Morgan fingerprint density at radius 2 is 2.05 bits per heavy atom. The first kappa shape index (κ1) is 14.6. The molecule has 0 fully saturated rings. The summed E-state index contributed by atoms with van der Waals surface area (Å²) >= 11 is 1.55. The van der Waals surface area contributed by atoms with Crippen LogP contribution in [0.2, 0.25) is 0 Å².